The van der Waals surface area contributed by atoms with E-state index >= 15 is 0 Å². The van der Waals surface area contributed by atoms with E-state index in [0.29, 0.717) is 13.0 Å². The van der Waals surface area contributed by atoms with E-state index in [4.69, 9.17) is 5.73 Å². The van der Waals surface area contributed by atoms with Gasteiger partial charge in [-0.2, -0.15) is 0 Å². The fourth-order valence-corrected chi connectivity index (χ4v) is 0.847. The Morgan fingerprint density at radius 2 is 2.10 bits per heavy atom. The predicted molar refractivity (Wildman–Crippen MR) is 42.1 cm³/mol. The summed E-state index contributed by atoms with van der Waals surface area (Å²) in [5.74, 6) is 0.212. The summed E-state index contributed by atoms with van der Waals surface area (Å²) in [7, 11) is 0. The van der Waals surface area contributed by atoms with E-state index in [1.165, 1.54) is 0 Å². The van der Waals surface area contributed by atoms with Crippen LogP contribution in [0.4, 0.5) is 0 Å². The third kappa shape index (κ3) is 2.15. The number of nitrogens with zero attached hydrogens (tertiary/aromatic N) is 1. The first-order valence-corrected chi connectivity index (χ1v) is 3.32. The second-order valence-corrected chi connectivity index (χ2v) is 2.27. The maximum absolute atomic E-state index is 10.9. The lowest BCUT2D eigenvalue weighted by molar-refractivity contribution is -0.134. The fraction of sp³-hybridized carbons (Fsp3) is 0.833. The van der Waals surface area contributed by atoms with Gasteiger partial charge in [0.15, 0.2) is 0 Å². The molecule has 3 nitrogen and oxygen atoms in total. The first-order chi connectivity index (χ1) is 4.34. The molecular formula is C6H13ClN2O. The quantitative estimate of drug-likeness (QED) is 0.624. The fourth-order valence-electron chi connectivity index (χ4n) is 0.847. The van der Waals surface area contributed by atoms with Crippen LogP contribution in [0.25, 0.3) is 0 Å². The third-order valence-corrected chi connectivity index (χ3v) is 1.57. The summed E-state index contributed by atoms with van der Waals surface area (Å²) >= 11 is 0. The Kier molecular flexibility index (Phi) is 4.40. The monoisotopic (exact) mass is 164 g/mol. The van der Waals surface area contributed by atoms with Crippen molar-refractivity contribution in [3.63, 3.8) is 0 Å². The average Bonchev–Trinajstić information content (AvgIpc) is 1.60. The van der Waals surface area contributed by atoms with Crippen molar-refractivity contribution >= 4 is 18.3 Å². The molecule has 0 saturated carbocycles. The van der Waals surface area contributed by atoms with E-state index in [0.717, 1.165) is 19.5 Å². The molecular weight excluding hydrogens is 152 g/mol. The molecule has 0 aromatic rings. The Labute approximate surface area is 67.0 Å². The molecule has 0 radical (unpaired) electrons. The number of carbonyl (C=O) groups excluding carboxylic acids is 1. The number of rotatable bonds is 2. The van der Waals surface area contributed by atoms with Crippen molar-refractivity contribution in [1.29, 1.82) is 0 Å². The predicted octanol–water partition coefficient (Wildman–Crippen LogP) is -0.0107. The van der Waals surface area contributed by atoms with Gasteiger partial charge in [-0.3, -0.25) is 4.79 Å². The smallest absolute Gasteiger partial charge is 0.223 e. The van der Waals surface area contributed by atoms with Crippen molar-refractivity contribution < 1.29 is 4.79 Å². The maximum atomic E-state index is 10.9. The van der Waals surface area contributed by atoms with Crippen molar-refractivity contribution in [2.45, 2.75) is 12.8 Å². The number of likely N-dealkylation sites (tertiary alicyclic amines) is 1. The van der Waals surface area contributed by atoms with E-state index in [2.05, 4.69) is 0 Å². The summed E-state index contributed by atoms with van der Waals surface area (Å²) in [6.07, 6.45) is 1.68. The van der Waals surface area contributed by atoms with Crippen LogP contribution in [0, 0.1) is 0 Å². The van der Waals surface area contributed by atoms with Gasteiger partial charge in [0, 0.05) is 26.1 Å². The maximum Gasteiger partial charge on any atom is 0.223 e. The van der Waals surface area contributed by atoms with Crippen LogP contribution in [0.15, 0.2) is 0 Å². The minimum Gasteiger partial charge on any atom is -0.343 e. The zero-order valence-corrected chi connectivity index (χ0v) is 6.69. The summed E-state index contributed by atoms with van der Waals surface area (Å²) < 4.78 is 0. The van der Waals surface area contributed by atoms with Crippen LogP contribution in [-0.2, 0) is 4.79 Å². The lowest BCUT2D eigenvalue weighted by atomic mass is 10.2. The van der Waals surface area contributed by atoms with Gasteiger partial charge in [-0.15, -0.1) is 12.4 Å². The van der Waals surface area contributed by atoms with Gasteiger partial charge in [-0.05, 0) is 6.42 Å². The number of hydrogen-bond donors (Lipinski definition) is 1. The molecule has 4 heteroatoms. The highest BCUT2D eigenvalue weighted by molar-refractivity contribution is 5.85. The number of halogens is 1. The Morgan fingerprint density at radius 1 is 1.50 bits per heavy atom. The van der Waals surface area contributed by atoms with E-state index in [-0.39, 0.29) is 18.3 Å². The summed E-state index contributed by atoms with van der Waals surface area (Å²) in [5, 5.41) is 0. The second-order valence-electron chi connectivity index (χ2n) is 2.27. The normalized spacial score (nSPS) is 15.5. The van der Waals surface area contributed by atoms with Crippen LogP contribution in [0.2, 0.25) is 0 Å². The minimum atomic E-state index is 0. The molecule has 0 aromatic heterocycles. The van der Waals surface area contributed by atoms with Gasteiger partial charge >= 0.3 is 0 Å². The molecule has 1 saturated heterocycles. The Bertz CT molecular complexity index is 114. The SMILES string of the molecule is Cl.NCCC(=O)N1CCC1. The Balaban J connectivity index is 0.000000810. The van der Waals surface area contributed by atoms with Crippen LogP contribution in [0.5, 0.6) is 0 Å². The van der Waals surface area contributed by atoms with Crippen LogP contribution in [-0.4, -0.2) is 30.4 Å². The van der Waals surface area contributed by atoms with E-state index in [9.17, 15) is 4.79 Å². The van der Waals surface area contributed by atoms with Crippen molar-refractivity contribution in [2.24, 2.45) is 5.73 Å². The number of carbonyl (C=O) groups is 1. The molecule has 1 fully saturated rings. The zero-order valence-electron chi connectivity index (χ0n) is 5.88. The highest BCUT2D eigenvalue weighted by Crippen LogP contribution is 2.06. The third-order valence-electron chi connectivity index (χ3n) is 1.57. The van der Waals surface area contributed by atoms with Gasteiger partial charge < -0.3 is 10.6 Å². The standard InChI is InChI=1S/C6H12N2O.ClH/c7-3-2-6(9)8-4-1-5-8;/h1-5,7H2;1H. The summed E-state index contributed by atoms with van der Waals surface area (Å²) in [5.41, 5.74) is 5.20. The molecule has 1 aliphatic heterocycles. The van der Waals surface area contributed by atoms with E-state index in [1.807, 2.05) is 4.90 Å². The molecule has 0 unspecified atom stereocenters. The molecule has 1 amide bonds. The molecule has 2 N–H and O–H groups in total. The second kappa shape index (κ2) is 4.52. The van der Waals surface area contributed by atoms with Gasteiger partial charge in [-0.25, -0.2) is 0 Å². The average molecular weight is 165 g/mol. The molecule has 0 atom stereocenters. The van der Waals surface area contributed by atoms with E-state index < -0.39 is 0 Å². The minimum absolute atomic E-state index is 0. The molecule has 0 aromatic carbocycles. The van der Waals surface area contributed by atoms with Crippen molar-refractivity contribution in [2.75, 3.05) is 19.6 Å². The highest BCUT2D eigenvalue weighted by atomic mass is 35.5. The molecule has 1 heterocycles. The molecule has 60 valence electrons. The van der Waals surface area contributed by atoms with Crippen LogP contribution in [0.1, 0.15) is 12.8 Å². The van der Waals surface area contributed by atoms with Gasteiger partial charge in [0.1, 0.15) is 0 Å². The van der Waals surface area contributed by atoms with Gasteiger partial charge in [-0.1, -0.05) is 0 Å². The number of hydrogen-bond acceptors (Lipinski definition) is 2. The van der Waals surface area contributed by atoms with E-state index in [1.54, 1.807) is 0 Å². The molecule has 1 aliphatic rings. The summed E-state index contributed by atoms with van der Waals surface area (Å²) in [6, 6.07) is 0. The zero-order chi connectivity index (χ0) is 6.69. The highest BCUT2D eigenvalue weighted by Gasteiger charge is 2.18. The lowest BCUT2D eigenvalue weighted by Gasteiger charge is -2.30. The van der Waals surface area contributed by atoms with Gasteiger partial charge in [0.05, 0.1) is 0 Å². The molecule has 10 heavy (non-hydrogen) atoms. The van der Waals surface area contributed by atoms with Crippen molar-refractivity contribution in [3.8, 4) is 0 Å². The topological polar surface area (TPSA) is 46.3 Å². The Morgan fingerprint density at radius 3 is 2.40 bits per heavy atom. The van der Waals surface area contributed by atoms with Gasteiger partial charge in [0.2, 0.25) is 5.91 Å². The number of nitrogens with two attached hydrogens (primary N) is 1. The van der Waals surface area contributed by atoms with Crippen LogP contribution >= 0.6 is 12.4 Å². The molecule has 0 bridgehead atoms. The Hall–Kier alpha value is -0.280. The first-order valence-electron chi connectivity index (χ1n) is 3.32. The molecule has 0 spiro atoms. The lowest BCUT2D eigenvalue weighted by Crippen LogP contribution is -2.42. The first kappa shape index (κ1) is 9.72. The largest absolute Gasteiger partial charge is 0.343 e. The molecule has 0 aliphatic carbocycles. The number of amides is 1. The van der Waals surface area contributed by atoms with Gasteiger partial charge in [0.25, 0.3) is 0 Å². The van der Waals surface area contributed by atoms with Crippen LogP contribution < -0.4 is 5.73 Å². The summed E-state index contributed by atoms with van der Waals surface area (Å²) in [4.78, 5) is 12.7. The van der Waals surface area contributed by atoms with Crippen LogP contribution in [0.3, 0.4) is 0 Å². The molecule has 1 rings (SSSR count). The van der Waals surface area contributed by atoms with Crippen molar-refractivity contribution in [3.05, 3.63) is 0 Å². The van der Waals surface area contributed by atoms with Crippen molar-refractivity contribution in [1.82, 2.24) is 4.90 Å². The summed E-state index contributed by atoms with van der Waals surface area (Å²) in [6.45, 7) is 2.37.